The van der Waals surface area contributed by atoms with E-state index in [-0.39, 0.29) is 29.0 Å². The molecule has 2 N–H and O–H groups in total. The zero-order valence-electron chi connectivity index (χ0n) is 29.9. The number of benzene rings is 3. The van der Waals surface area contributed by atoms with Crippen molar-refractivity contribution in [1.29, 1.82) is 0 Å². The van der Waals surface area contributed by atoms with E-state index in [4.69, 9.17) is 15.5 Å². The highest BCUT2D eigenvalue weighted by atomic mass is 19.1. The van der Waals surface area contributed by atoms with Crippen LogP contribution in [0.1, 0.15) is 134 Å². The third kappa shape index (κ3) is 7.54. The molecule has 258 valence electrons. The molecule has 0 radical (unpaired) electrons. The molecule has 49 heavy (non-hydrogen) atoms. The lowest BCUT2D eigenvalue weighted by Crippen LogP contribution is -2.26. The Morgan fingerprint density at radius 2 is 1.71 bits per heavy atom. The summed E-state index contributed by atoms with van der Waals surface area (Å²) in [5.74, 6) is 2.14. The largest absolute Gasteiger partial charge is 0.494 e. The number of amides is 1. The van der Waals surface area contributed by atoms with Crippen molar-refractivity contribution in [1.82, 2.24) is 9.55 Å². The fraction of sp³-hybridized carbons (Fsp3) is 0.442. The van der Waals surface area contributed by atoms with Crippen molar-refractivity contribution in [2.45, 2.75) is 103 Å². The summed E-state index contributed by atoms with van der Waals surface area (Å²) in [7, 11) is 2.05. The number of imidazole rings is 1. The van der Waals surface area contributed by atoms with E-state index in [1.807, 2.05) is 31.6 Å². The Bertz CT molecular complexity index is 1780. The third-order valence-electron chi connectivity index (χ3n) is 11.0. The number of aromatic nitrogens is 2. The Hall–Kier alpha value is -4.19. The van der Waals surface area contributed by atoms with Gasteiger partial charge in [-0.05, 0) is 137 Å². The minimum atomic E-state index is -0.319. The molecule has 0 spiro atoms. The lowest BCUT2D eigenvalue weighted by Gasteiger charge is -2.32. The van der Waals surface area contributed by atoms with Crippen LogP contribution in [0.3, 0.4) is 0 Å². The summed E-state index contributed by atoms with van der Waals surface area (Å²) in [5.41, 5.74) is 15.2. The summed E-state index contributed by atoms with van der Waals surface area (Å²) in [5, 5.41) is 0. The summed E-state index contributed by atoms with van der Waals surface area (Å²) in [6.07, 6.45) is 15.7. The topological polar surface area (TPSA) is 70.1 Å². The first-order valence-corrected chi connectivity index (χ1v) is 18.2. The van der Waals surface area contributed by atoms with E-state index in [1.54, 1.807) is 12.1 Å². The van der Waals surface area contributed by atoms with Gasteiger partial charge in [-0.15, -0.1) is 0 Å². The van der Waals surface area contributed by atoms with Gasteiger partial charge < -0.3 is 15.0 Å². The van der Waals surface area contributed by atoms with Crippen molar-refractivity contribution >= 4 is 17.6 Å². The van der Waals surface area contributed by atoms with Crippen LogP contribution in [-0.4, -0.2) is 22.1 Å². The van der Waals surface area contributed by atoms with E-state index in [0.717, 1.165) is 65.9 Å². The highest BCUT2D eigenvalue weighted by Crippen LogP contribution is 2.47. The molecule has 1 unspecified atom stereocenters. The average molecular weight is 662 g/mol. The number of halogens is 1. The second-order valence-corrected chi connectivity index (χ2v) is 15.0. The predicted octanol–water partition coefficient (Wildman–Crippen LogP) is 9.92. The maximum Gasteiger partial charge on any atom is 0.249 e. The molecular weight excluding hydrogens is 609 g/mol. The standard InChI is InChI=1S/C43H52FN3O2/c1-28(2)37-26-34(27-38(29(3)4)40(37)41(45)48)43(17-6-7-18-43)19-8-22-49-36-16-13-31-23-32(12-9-30-10-14-35(44)15-11-30)39(25-33(31)24-36)42-46-20-21-47(42)5/h10-11,13-16,20-21,24-29,32H,6-9,12,17-19,22-23H2,1-5H3,(H2,45,48). The molecule has 2 aliphatic rings. The number of ether oxygens (including phenoxy) is 1. The average Bonchev–Trinajstić information content (AvgIpc) is 3.75. The fourth-order valence-electron chi connectivity index (χ4n) is 8.31. The first kappa shape index (κ1) is 34.7. The summed E-state index contributed by atoms with van der Waals surface area (Å²) in [6, 6.07) is 18.0. The van der Waals surface area contributed by atoms with Gasteiger partial charge >= 0.3 is 0 Å². The third-order valence-corrected chi connectivity index (χ3v) is 11.0. The van der Waals surface area contributed by atoms with Crippen molar-refractivity contribution in [3.05, 3.63) is 118 Å². The molecule has 1 amide bonds. The van der Waals surface area contributed by atoms with E-state index >= 15 is 0 Å². The van der Waals surface area contributed by atoms with Crippen LogP contribution in [0, 0.1) is 11.7 Å². The maximum absolute atomic E-state index is 13.5. The minimum absolute atomic E-state index is 0.102. The molecule has 6 rings (SSSR count). The molecule has 4 aromatic rings. The summed E-state index contributed by atoms with van der Waals surface area (Å²) < 4.78 is 22.0. The van der Waals surface area contributed by atoms with Gasteiger partial charge in [-0.25, -0.2) is 9.37 Å². The number of rotatable bonds is 13. The molecule has 1 fully saturated rings. The number of hydrogen-bond donors (Lipinski definition) is 1. The lowest BCUT2D eigenvalue weighted by atomic mass is 9.72. The van der Waals surface area contributed by atoms with E-state index < -0.39 is 0 Å². The first-order valence-electron chi connectivity index (χ1n) is 18.2. The van der Waals surface area contributed by atoms with Gasteiger partial charge in [0.25, 0.3) is 0 Å². The smallest absolute Gasteiger partial charge is 0.249 e. The van der Waals surface area contributed by atoms with Gasteiger partial charge in [-0.1, -0.05) is 70.9 Å². The number of hydrogen-bond acceptors (Lipinski definition) is 3. The minimum Gasteiger partial charge on any atom is -0.494 e. The number of carbonyl (C=O) groups is 1. The SMILES string of the molecule is CC(C)c1cc(C2(CCCOc3ccc4c(c3)C=C(c3nccn3C)C(CCc3ccc(F)cc3)C4)CCCC2)cc(C(C)C)c1C(N)=O. The van der Waals surface area contributed by atoms with E-state index in [2.05, 4.69) is 68.7 Å². The number of carbonyl (C=O) groups excluding carboxylic acids is 1. The van der Waals surface area contributed by atoms with Gasteiger partial charge in [-0.2, -0.15) is 0 Å². The molecule has 5 nitrogen and oxygen atoms in total. The van der Waals surface area contributed by atoms with Gasteiger partial charge in [0.2, 0.25) is 5.91 Å². The highest BCUT2D eigenvalue weighted by Gasteiger charge is 2.37. The van der Waals surface area contributed by atoms with Gasteiger partial charge in [-0.3, -0.25) is 4.79 Å². The molecular formula is C43H52FN3O2. The Balaban J connectivity index is 1.17. The van der Waals surface area contributed by atoms with Crippen LogP contribution in [0.4, 0.5) is 4.39 Å². The summed E-state index contributed by atoms with van der Waals surface area (Å²) >= 11 is 0. The van der Waals surface area contributed by atoms with Crippen molar-refractivity contribution < 1.29 is 13.9 Å². The molecule has 3 aromatic carbocycles. The number of allylic oxidation sites excluding steroid dienone is 1. The number of nitrogens with zero attached hydrogens (tertiary/aromatic N) is 2. The van der Waals surface area contributed by atoms with Crippen LogP contribution in [0.5, 0.6) is 5.75 Å². The Kier molecular flexibility index (Phi) is 10.4. The van der Waals surface area contributed by atoms with Crippen molar-refractivity contribution in [2.75, 3.05) is 6.61 Å². The molecule has 1 saturated carbocycles. The Labute approximate surface area is 291 Å². The van der Waals surface area contributed by atoms with E-state index in [9.17, 15) is 9.18 Å². The second-order valence-electron chi connectivity index (χ2n) is 15.0. The molecule has 1 atom stereocenters. The molecule has 2 aliphatic carbocycles. The molecule has 6 heteroatoms. The van der Waals surface area contributed by atoms with Crippen LogP contribution < -0.4 is 10.5 Å². The molecule has 0 saturated heterocycles. The van der Waals surface area contributed by atoms with Crippen molar-refractivity contribution in [2.24, 2.45) is 18.7 Å². The van der Waals surface area contributed by atoms with Gasteiger partial charge in [0.15, 0.2) is 0 Å². The van der Waals surface area contributed by atoms with E-state index in [1.165, 1.54) is 47.9 Å². The van der Waals surface area contributed by atoms with Crippen molar-refractivity contribution in [3.8, 4) is 5.75 Å². The predicted molar refractivity (Wildman–Crippen MR) is 197 cm³/mol. The lowest BCUT2D eigenvalue weighted by molar-refractivity contribution is 0.0997. The number of primary amides is 1. The second kappa shape index (κ2) is 14.7. The first-order chi connectivity index (χ1) is 23.5. The number of nitrogens with two attached hydrogens (primary N) is 1. The van der Waals surface area contributed by atoms with Gasteiger partial charge in [0, 0.05) is 25.0 Å². The van der Waals surface area contributed by atoms with Gasteiger partial charge in [0.1, 0.15) is 17.4 Å². The normalized spacial score (nSPS) is 17.0. The quantitative estimate of drug-likeness (QED) is 0.145. The zero-order chi connectivity index (χ0) is 34.7. The number of fused-ring (bicyclic) bond motifs is 1. The molecule has 0 aliphatic heterocycles. The number of aryl methyl sites for hydroxylation is 2. The fourth-order valence-corrected chi connectivity index (χ4v) is 8.31. The Morgan fingerprint density at radius 1 is 1.02 bits per heavy atom. The van der Waals surface area contributed by atoms with Crippen LogP contribution in [0.15, 0.2) is 67.0 Å². The van der Waals surface area contributed by atoms with Crippen LogP contribution >= 0.6 is 0 Å². The van der Waals surface area contributed by atoms with Crippen LogP contribution in [0.2, 0.25) is 0 Å². The van der Waals surface area contributed by atoms with Crippen LogP contribution in [0.25, 0.3) is 11.6 Å². The van der Waals surface area contributed by atoms with Crippen molar-refractivity contribution in [3.63, 3.8) is 0 Å². The Morgan fingerprint density at radius 3 is 2.33 bits per heavy atom. The molecule has 1 heterocycles. The van der Waals surface area contributed by atoms with Crippen LogP contribution in [-0.2, 0) is 25.3 Å². The molecule has 0 bridgehead atoms. The zero-order valence-corrected chi connectivity index (χ0v) is 29.9. The summed E-state index contributed by atoms with van der Waals surface area (Å²) in [4.78, 5) is 17.3. The highest BCUT2D eigenvalue weighted by molar-refractivity contribution is 5.96. The van der Waals surface area contributed by atoms with E-state index in [0.29, 0.717) is 12.5 Å². The van der Waals surface area contributed by atoms with Gasteiger partial charge in [0.05, 0.1) is 6.61 Å². The summed E-state index contributed by atoms with van der Waals surface area (Å²) in [6.45, 7) is 9.29. The maximum atomic E-state index is 13.5. The molecule has 1 aromatic heterocycles. The monoisotopic (exact) mass is 661 g/mol.